The Kier molecular flexibility index (Phi) is 18.7. The molecule has 5 fully saturated rings. The summed E-state index contributed by atoms with van der Waals surface area (Å²) in [6.45, 7) is 17.4. The van der Waals surface area contributed by atoms with Crippen LogP contribution in [0.15, 0.2) is 134 Å². The molecule has 20 rings (SSSR count). The lowest BCUT2D eigenvalue weighted by atomic mass is 9.66. The average molecular weight is 1660 g/mol. The van der Waals surface area contributed by atoms with E-state index in [9.17, 15) is 39.0 Å². The predicted molar refractivity (Wildman–Crippen MR) is 443 cm³/mol. The first-order valence-electron chi connectivity index (χ1n) is 39.6. The molecule has 0 N–H and O–H groups in total. The van der Waals surface area contributed by atoms with Gasteiger partial charge in [-0.15, -0.1) is 30.6 Å². The fraction of sp³-hybridized carbons (Fsp3) is 0.386. The monoisotopic (exact) mass is 1650 g/mol. The SMILES string of the molecule is C=S(C)(=O)CCc1ncn(-c2cc(C)cc([C@@]34CC[C@@H](c5cc(-c6c(F)cccc6F)nnc53)C4(C)C)n2)n1.C=S1(=O)CC(Cc2ncn(-c3cc(C)cc([C@@]45CC[C@@H](c6cc(-c7c(F)cccc7F)nnc64)C5(C)C)n3)n2)C1.C=S1(=O)CC(Cc2ncn(-c3cccc([C@@]45CC[C@@H](c6cc(-c7c(F)cccc7F)nnc64)C5(C)C)n3)n2)C1. The van der Waals surface area contributed by atoms with Crippen LogP contribution in [0.3, 0.4) is 0 Å². The highest BCUT2D eigenvalue weighted by Crippen LogP contribution is 2.72. The largest absolute Gasteiger partial charge is 0.268 e. The molecule has 0 amide bonds. The van der Waals surface area contributed by atoms with E-state index in [2.05, 4.69) is 127 Å². The van der Waals surface area contributed by atoms with Gasteiger partial charge in [-0.3, -0.25) is 12.6 Å². The van der Waals surface area contributed by atoms with Gasteiger partial charge in [0.15, 0.2) is 34.9 Å². The van der Waals surface area contributed by atoms with Gasteiger partial charge >= 0.3 is 0 Å². The zero-order chi connectivity index (χ0) is 82.9. The Morgan fingerprint density at radius 3 is 1.12 bits per heavy atom. The van der Waals surface area contributed by atoms with Gasteiger partial charge in [0.1, 0.15) is 53.9 Å². The standard InChI is InChI=1S/C30H30F2N6OS.C29H28F2N6OS.C29H30F2N6OS/c1-17-10-24(34-26(11-17)38-16-33-25(37-38)12-18-14-40(4,39)15-18)30-9-8-20(29(30,2)3)19-13-23(35-36-28(19)30)27-21(31)6-5-7-22(27)32;1-28(2)19-10-11-29(28,27-18(19)13-22(34-35-27)26-20(30)6-4-7-21(26)31)23-8-5-9-25(33-23)37-16-32-24(36-37)12-17-14-39(3,38)15-17;1-17-13-23(33-25(14-17)37-16-32-24(36-37)10-12-39(4,5)38)29-11-9-19(28(29,2)3)18-15-22(34-35-27(18)29)26-20(30)7-6-8-21(26)31/h5-7,10-11,13,16,18,20H,4,8-9,12,14-15H2,1-3H3;4-9,13,16-17,19H,3,10-12,14-15H2,1-2H3;6-8,13-16,19H,4,9-12H2,1-3,5H3/t18?,20-,30-,40?;17?,19-,29-,39?;19-,29-,39?/m000/s1. The number of pyridine rings is 3. The van der Waals surface area contributed by atoms with Gasteiger partial charge in [0.05, 0.1) is 84.2 Å². The van der Waals surface area contributed by atoms with Gasteiger partial charge < -0.3 is 0 Å². The Morgan fingerprint density at radius 1 is 0.441 bits per heavy atom. The van der Waals surface area contributed by atoms with Crippen LogP contribution in [0.1, 0.15) is 177 Å². The highest BCUT2D eigenvalue weighted by molar-refractivity contribution is 8.01. The Balaban J connectivity index is 0.000000122. The molecular weight excluding hydrogens is 1570 g/mol. The van der Waals surface area contributed by atoms with Gasteiger partial charge in [-0.05, 0) is 263 Å². The third-order valence-corrected chi connectivity index (χ3v) is 32.3. The first kappa shape index (κ1) is 78.6. The third-order valence-electron chi connectivity index (χ3n) is 26.9. The van der Waals surface area contributed by atoms with E-state index in [-0.39, 0.29) is 67.8 Å². The lowest BCUT2D eigenvalue weighted by molar-refractivity contribution is 0.242. The summed E-state index contributed by atoms with van der Waals surface area (Å²) in [5.74, 6) is 15.2. The van der Waals surface area contributed by atoms with E-state index >= 15 is 0 Å². The number of nitrogens with zero attached hydrogens (tertiary/aromatic N) is 18. The fourth-order valence-electron chi connectivity index (χ4n) is 21.2. The minimum atomic E-state index is -2.14. The summed E-state index contributed by atoms with van der Waals surface area (Å²) in [6.07, 6.45) is 13.7. The Morgan fingerprint density at radius 2 is 0.763 bits per heavy atom. The van der Waals surface area contributed by atoms with Gasteiger partial charge in [0.2, 0.25) is 0 Å². The molecule has 1 unspecified atom stereocenters. The van der Waals surface area contributed by atoms with Crippen molar-refractivity contribution in [1.29, 1.82) is 0 Å². The summed E-state index contributed by atoms with van der Waals surface area (Å²) >= 11 is 0. The molecule has 12 aromatic rings. The average Bonchev–Trinajstić information content (AvgIpc) is 1.52. The molecule has 30 heteroatoms. The number of aryl methyl sites for hydroxylation is 3. The summed E-state index contributed by atoms with van der Waals surface area (Å²) in [6, 6.07) is 30.9. The quantitative estimate of drug-likeness (QED) is 0.0643. The molecule has 118 heavy (non-hydrogen) atoms. The molecule has 2 saturated heterocycles. The number of hydrogen-bond acceptors (Lipinski definition) is 18. The Labute approximate surface area is 681 Å². The maximum atomic E-state index is 14.6. The van der Waals surface area contributed by atoms with Gasteiger partial charge in [-0.25, -0.2) is 70.3 Å². The van der Waals surface area contributed by atoms with E-state index in [0.29, 0.717) is 94.8 Å². The molecular formula is C88H88F6N18O3S3. The van der Waals surface area contributed by atoms with Crippen LogP contribution in [0.4, 0.5) is 26.3 Å². The van der Waals surface area contributed by atoms with Gasteiger partial charge in [-0.2, -0.15) is 15.3 Å². The summed E-state index contributed by atoms with van der Waals surface area (Å²) in [5, 5.41) is 40.8. The molecule has 21 nitrogen and oxygen atoms in total. The van der Waals surface area contributed by atoms with E-state index in [0.717, 1.165) is 101 Å². The molecule has 8 aliphatic rings. The van der Waals surface area contributed by atoms with Crippen molar-refractivity contribution in [2.75, 3.05) is 35.0 Å². The van der Waals surface area contributed by atoms with Crippen molar-refractivity contribution in [2.45, 2.75) is 147 Å². The zero-order valence-corrected chi connectivity index (χ0v) is 69.3. The van der Waals surface area contributed by atoms with Gasteiger partial charge in [-0.1, -0.05) is 65.8 Å². The number of benzene rings is 3. The van der Waals surface area contributed by atoms with Crippen LogP contribution in [0.5, 0.6) is 0 Å². The van der Waals surface area contributed by atoms with Crippen LogP contribution in [0.25, 0.3) is 51.2 Å². The van der Waals surface area contributed by atoms with Crippen LogP contribution in [0, 0.1) is 76.8 Å². The van der Waals surface area contributed by atoms with Crippen LogP contribution < -0.4 is 0 Å². The molecule has 0 spiro atoms. The minimum absolute atomic E-state index is 0.145. The molecule has 608 valence electrons. The van der Waals surface area contributed by atoms with E-state index in [1.807, 2.05) is 62.4 Å². The third kappa shape index (κ3) is 12.7. The second-order valence-corrected chi connectivity index (χ2v) is 43.4. The zero-order valence-electron chi connectivity index (χ0n) is 66.9. The van der Waals surface area contributed by atoms with Crippen molar-refractivity contribution in [3.63, 3.8) is 0 Å². The second-order valence-electron chi connectivity index (χ2n) is 35.4. The number of halogens is 6. The summed E-state index contributed by atoms with van der Waals surface area (Å²) in [7, 11) is -5.94. The lowest BCUT2D eigenvalue weighted by Crippen LogP contribution is -2.38. The summed E-state index contributed by atoms with van der Waals surface area (Å²) in [5.41, 5.74) is 8.04. The maximum absolute atomic E-state index is 14.6. The number of hydrogen-bond donors (Lipinski definition) is 0. The molecule has 9 aromatic heterocycles. The molecule has 2 aliphatic heterocycles. The molecule has 6 aliphatic carbocycles. The first-order valence-corrected chi connectivity index (χ1v) is 46.0. The summed E-state index contributed by atoms with van der Waals surface area (Å²) < 4.78 is 128. The number of rotatable bonds is 16. The molecule has 6 bridgehead atoms. The number of fused-ring (bicyclic) bond motifs is 15. The Hall–Kier alpha value is -10.6. The lowest BCUT2D eigenvalue weighted by Gasteiger charge is -2.37. The topological polar surface area (TPSA) is 259 Å². The minimum Gasteiger partial charge on any atom is -0.268 e. The van der Waals surface area contributed by atoms with Crippen molar-refractivity contribution in [1.82, 2.24) is 89.8 Å². The molecule has 11 heterocycles. The summed E-state index contributed by atoms with van der Waals surface area (Å²) in [4.78, 5) is 28.6. The highest BCUT2D eigenvalue weighted by Gasteiger charge is 2.68. The van der Waals surface area contributed by atoms with Crippen LogP contribution in [-0.2, 0) is 64.1 Å². The van der Waals surface area contributed by atoms with E-state index in [4.69, 9.17) is 20.1 Å². The van der Waals surface area contributed by atoms with E-state index < -0.39 is 79.7 Å². The van der Waals surface area contributed by atoms with Crippen molar-refractivity contribution in [2.24, 2.45) is 28.1 Å². The van der Waals surface area contributed by atoms with E-state index in [1.54, 1.807) is 39.3 Å². The fourth-order valence-corrected chi connectivity index (χ4v) is 25.6. The Bertz CT molecular complexity index is 6420. The van der Waals surface area contributed by atoms with Crippen LogP contribution in [0.2, 0.25) is 0 Å². The van der Waals surface area contributed by atoms with Crippen molar-refractivity contribution in [3.8, 4) is 51.2 Å². The number of aromatic nitrogens is 18. The second kappa shape index (κ2) is 28.0. The van der Waals surface area contributed by atoms with Crippen molar-refractivity contribution < 1.29 is 39.0 Å². The molecule has 7 atom stereocenters. The van der Waals surface area contributed by atoms with E-state index in [1.165, 1.54) is 54.6 Å². The van der Waals surface area contributed by atoms with Crippen LogP contribution >= 0.6 is 0 Å². The first-order chi connectivity index (χ1) is 56.0. The van der Waals surface area contributed by atoms with Crippen LogP contribution in [-0.4, -0.2) is 155 Å². The normalized spacial score (nSPS) is 26.3. The van der Waals surface area contributed by atoms with Gasteiger partial charge in [0, 0.05) is 54.3 Å². The van der Waals surface area contributed by atoms with Crippen molar-refractivity contribution in [3.05, 3.63) is 249 Å². The molecule has 3 aromatic carbocycles. The van der Waals surface area contributed by atoms with Crippen molar-refractivity contribution >= 4 is 46.2 Å². The molecule has 3 saturated carbocycles. The maximum Gasteiger partial charge on any atom is 0.155 e. The smallest absolute Gasteiger partial charge is 0.155 e. The molecule has 0 radical (unpaired) electrons. The highest BCUT2D eigenvalue weighted by atomic mass is 32.2. The predicted octanol–water partition coefficient (Wildman–Crippen LogP) is 14.1. The van der Waals surface area contributed by atoms with Gasteiger partial charge in [0.25, 0.3) is 0 Å².